The molecule has 0 fully saturated rings. The fourth-order valence-corrected chi connectivity index (χ4v) is 1.07. The van der Waals surface area contributed by atoms with Crippen molar-refractivity contribution in [3.63, 3.8) is 0 Å². The summed E-state index contributed by atoms with van der Waals surface area (Å²) in [5.74, 6) is 0.500. The predicted molar refractivity (Wildman–Crippen MR) is 48.7 cm³/mol. The van der Waals surface area contributed by atoms with Crippen LogP contribution in [0.15, 0.2) is 18.3 Å². The quantitative estimate of drug-likeness (QED) is 0.688. The van der Waals surface area contributed by atoms with E-state index in [1.54, 1.807) is 20.0 Å². The first-order valence-electron chi connectivity index (χ1n) is 3.91. The van der Waals surface area contributed by atoms with Gasteiger partial charge in [0.2, 0.25) is 0 Å². The Morgan fingerprint density at radius 1 is 1.58 bits per heavy atom. The number of hydrogen-bond donors (Lipinski definition) is 2. The van der Waals surface area contributed by atoms with Gasteiger partial charge in [-0.2, -0.15) is 0 Å². The van der Waals surface area contributed by atoms with Gasteiger partial charge in [0, 0.05) is 12.6 Å². The highest BCUT2D eigenvalue weighted by Crippen LogP contribution is 2.15. The van der Waals surface area contributed by atoms with E-state index in [0.717, 1.165) is 5.56 Å². The second kappa shape index (κ2) is 3.11. The van der Waals surface area contributed by atoms with Crippen molar-refractivity contribution in [3.05, 3.63) is 23.9 Å². The molecule has 1 rings (SSSR count). The van der Waals surface area contributed by atoms with Crippen LogP contribution in [0.3, 0.4) is 0 Å². The van der Waals surface area contributed by atoms with Gasteiger partial charge in [0.25, 0.3) is 0 Å². The zero-order valence-electron chi connectivity index (χ0n) is 7.41. The maximum Gasteiger partial charge on any atom is 0.126 e. The molecule has 0 saturated heterocycles. The van der Waals surface area contributed by atoms with E-state index in [0.29, 0.717) is 12.2 Å². The van der Waals surface area contributed by atoms with Gasteiger partial charge in [0.1, 0.15) is 5.82 Å². The lowest BCUT2D eigenvalue weighted by atomic mass is 9.99. The van der Waals surface area contributed by atoms with E-state index in [9.17, 15) is 5.11 Å². The average molecular weight is 166 g/mol. The summed E-state index contributed by atoms with van der Waals surface area (Å²) in [6.45, 7) is 3.50. The van der Waals surface area contributed by atoms with Crippen molar-refractivity contribution in [3.8, 4) is 0 Å². The fourth-order valence-electron chi connectivity index (χ4n) is 1.07. The largest absolute Gasteiger partial charge is 0.390 e. The molecule has 0 aliphatic carbocycles. The van der Waals surface area contributed by atoms with Gasteiger partial charge in [-0.3, -0.25) is 0 Å². The van der Waals surface area contributed by atoms with E-state index < -0.39 is 5.60 Å². The predicted octanol–water partition coefficient (Wildman–Crippen LogP) is 0.977. The zero-order valence-corrected chi connectivity index (χ0v) is 7.41. The summed E-state index contributed by atoms with van der Waals surface area (Å²) < 4.78 is 0. The summed E-state index contributed by atoms with van der Waals surface area (Å²) in [5, 5.41) is 9.51. The Morgan fingerprint density at radius 2 is 2.25 bits per heavy atom. The second-order valence-corrected chi connectivity index (χ2v) is 3.54. The number of pyridine rings is 1. The molecule has 3 nitrogen and oxygen atoms in total. The second-order valence-electron chi connectivity index (χ2n) is 3.54. The van der Waals surface area contributed by atoms with Gasteiger partial charge in [-0.05, 0) is 25.5 Å². The van der Waals surface area contributed by atoms with Crippen molar-refractivity contribution in [1.29, 1.82) is 0 Å². The molecule has 0 radical (unpaired) electrons. The van der Waals surface area contributed by atoms with Crippen LogP contribution in [-0.4, -0.2) is 15.7 Å². The Balaban J connectivity index is 2.83. The highest BCUT2D eigenvalue weighted by atomic mass is 16.3. The Morgan fingerprint density at radius 3 is 2.75 bits per heavy atom. The number of nitrogens with two attached hydrogens (primary N) is 1. The van der Waals surface area contributed by atoms with Gasteiger partial charge < -0.3 is 10.8 Å². The van der Waals surface area contributed by atoms with Crippen LogP contribution in [0.5, 0.6) is 0 Å². The summed E-state index contributed by atoms with van der Waals surface area (Å²) in [4.78, 5) is 3.93. The molecule has 0 amide bonds. The lowest BCUT2D eigenvalue weighted by Crippen LogP contribution is -2.22. The molecule has 3 N–H and O–H groups in total. The van der Waals surface area contributed by atoms with Crippen LogP contribution in [0.2, 0.25) is 0 Å². The van der Waals surface area contributed by atoms with Gasteiger partial charge in [-0.25, -0.2) is 4.98 Å². The number of anilines is 1. The highest BCUT2D eigenvalue weighted by molar-refractivity contribution is 5.39. The highest BCUT2D eigenvalue weighted by Gasteiger charge is 2.14. The van der Waals surface area contributed by atoms with Crippen molar-refractivity contribution in [1.82, 2.24) is 4.98 Å². The van der Waals surface area contributed by atoms with Crippen molar-refractivity contribution in [2.45, 2.75) is 25.9 Å². The fraction of sp³-hybridized carbons (Fsp3) is 0.444. The molecule has 0 aliphatic rings. The zero-order chi connectivity index (χ0) is 9.19. The minimum absolute atomic E-state index is 0.500. The van der Waals surface area contributed by atoms with E-state index in [2.05, 4.69) is 4.98 Å². The van der Waals surface area contributed by atoms with E-state index in [-0.39, 0.29) is 0 Å². The molecular formula is C9H14N2O. The topological polar surface area (TPSA) is 59.1 Å². The van der Waals surface area contributed by atoms with Crippen molar-refractivity contribution >= 4 is 5.82 Å². The molecule has 0 atom stereocenters. The standard InChI is InChI=1S/C9H14N2O/c1-9(2,12)6-7-4-3-5-11-8(7)10/h3-5,12H,6H2,1-2H3,(H2,10,11). The van der Waals surface area contributed by atoms with E-state index >= 15 is 0 Å². The van der Waals surface area contributed by atoms with Crippen LogP contribution < -0.4 is 5.73 Å². The molecule has 0 aliphatic heterocycles. The molecule has 0 spiro atoms. The van der Waals surface area contributed by atoms with E-state index in [1.165, 1.54) is 0 Å². The number of aromatic nitrogens is 1. The molecule has 1 aromatic rings. The Bertz CT molecular complexity index is 265. The summed E-state index contributed by atoms with van der Waals surface area (Å²) in [6.07, 6.45) is 2.18. The summed E-state index contributed by atoms with van der Waals surface area (Å²) in [6, 6.07) is 3.69. The Labute approximate surface area is 72.2 Å². The smallest absolute Gasteiger partial charge is 0.126 e. The number of nitrogen functional groups attached to an aromatic ring is 1. The third kappa shape index (κ3) is 2.51. The molecule has 1 aromatic heterocycles. The normalized spacial score (nSPS) is 11.6. The monoisotopic (exact) mass is 166 g/mol. The molecule has 0 bridgehead atoms. The van der Waals surface area contributed by atoms with Gasteiger partial charge in [0.05, 0.1) is 5.60 Å². The molecule has 12 heavy (non-hydrogen) atoms. The molecular weight excluding hydrogens is 152 g/mol. The Hall–Kier alpha value is -1.09. The van der Waals surface area contributed by atoms with Crippen molar-refractivity contribution < 1.29 is 5.11 Å². The van der Waals surface area contributed by atoms with Crippen molar-refractivity contribution in [2.24, 2.45) is 0 Å². The third-order valence-corrected chi connectivity index (χ3v) is 1.55. The molecule has 0 saturated carbocycles. The summed E-state index contributed by atoms with van der Waals surface area (Å²) >= 11 is 0. The van der Waals surface area contributed by atoms with E-state index in [1.807, 2.05) is 12.1 Å². The summed E-state index contributed by atoms with van der Waals surface area (Å²) in [5.41, 5.74) is 5.77. The molecule has 0 aromatic carbocycles. The SMILES string of the molecule is CC(C)(O)Cc1cccnc1N. The van der Waals surface area contributed by atoms with Gasteiger partial charge in [-0.1, -0.05) is 6.07 Å². The van der Waals surface area contributed by atoms with Crippen LogP contribution >= 0.6 is 0 Å². The Kier molecular flexibility index (Phi) is 2.33. The minimum Gasteiger partial charge on any atom is -0.390 e. The van der Waals surface area contributed by atoms with Crippen molar-refractivity contribution in [2.75, 3.05) is 5.73 Å². The first kappa shape index (κ1) is 9.00. The number of nitrogens with zero attached hydrogens (tertiary/aromatic N) is 1. The average Bonchev–Trinajstić information content (AvgIpc) is 1.91. The minimum atomic E-state index is -0.725. The van der Waals surface area contributed by atoms with Crippen LogP contribution in [-0.2, 0) is 6.42 Å². The van der Waals surface area contributed by atoms with Gasteiger partial charge in [0.15, 0.2) is 0 Å². The molecule has 3 heteroatoms. The van der Waals surface area contributed by atoms with Crippen LogP contribution in [0.4, 0.5) is 5.82 Å². The number of rotatable bonds is 2. The summed E-state index contributed by atoms with van der Waals surface area (Å²) in [7, 11) is 0. The third-order valence-electron chi connectivity index (χ3n) is 1.55. The van der Waals surface area contributed by atoms with Crippen LogP contribution in [0.25, 0.3) is 0 Å². The van der Waals surface area contributed by atoms with Crippen LogP contribution in [0, 0.1) is 0 Å². The molecule has 0 unspecified atom stereocenters. The number of hydrogen-bond acceptors (Lipinski definition) is 3. The van der Waals surface area contributed by atoms with Crippen LogP contribution in [0.1, 0.15) is 19.4 Å². The van der Waals surface area contributed by atoms with E-state index in [4.69, 9.17) is 5.73 Å². The maximum atomic E-state index is 9.51. The first-order valence-corrected chi connectivity index (χ1v) is 3.91. The maximum absolute atomic E-state index is 9.51. The lowest BCUT2D eigenvalue weighted by molar-refractivity contribution is 0.0811. The van der Waals surface area contributed by atoms with Gasteiger partial charge in [-0.15, -0.1) is 0 Å². The molecule has 1 heterocycles. The number of aliphatic hydroxyl groups is 1. The molecule has 66 valence electrons. The van der Waals surface area contributed by atoms with Gasteiger partial charge >= 0.3 is 0 Å². The lowest BCUT2D eigenvalue weighted by Gasteiger charge is -2.17. The first-order chi connectivity index (χ1) is 5.49.